The van der Waals surface area contributed by atoms with Gasteiger partial charge in [0.05, 0.1) is 6.20 Å². The van der Waals surface area contributed by atoms with Crippen LogP contribution in [0.5, 0.6) is 0 Å². The van der Waals surface area contributed by atoms with Crippen molar-refractivity contribution >= 4 is 23.3 Å². The lowest BCUT2D eigenvalue weighted by atomic mass is 10.5. The van der Waals surface area contributed by atoms with Crippen molar-refractivity contribution in [2.75, 3.05) is 44.4 Å². The number of carbonyl (C=O) groups excluding carboxylic acids is 1. The second-order valence-corrected chi connectivity index (χ2v) is 4.72. The molecular weight excluding hydrogens is 270 g/mol. The maximum Gasteiger partial charge on any atom is 0.316 e. The molecule has 114 valence electrons. The Kier molecular flexibility index (Phi) is 4.81. The van der Waals surface area contributed by atoms with Crippen molar-refractivity contribution in [2.45, 2.75) is 6.92 Å². The molecule has 2 heterocycles. The van der Waals surface area contributed by atoms with Gasteiger partial charge < -0.3 is 25.3 Å². The summed E-state index contributed by atoms with van der Waals surface area (Å²) in [4.78, 5) is 21.7. The molecule has 21 heavy (non-hydrogen) atoms. The van der Waals surface area contributed by atoms with Gasteiger partial charge in [-0.15, -0.1) is 0 Å². The average Bonchev–Trinajstić information content (AvgIpc) is 2.91. The van der Waals surface area contributed by atoms with Crippen LogP contribution in [-0.4, -0.2) is 59.0 Å². The Morgan fingerprint density at radius 2 is 2.14 bits per heavy atom. The van der Waals surface area contributed by atoms with Crippen molar-refractivity contribution in [1.29, 1.82) is 0 Å². The molecule has 0 spiro atoms. The average molecular weight is 291 g/mol. The van der Waals surface area contributed by atoms with Crippen molar-refractivity contribution in [3.63, 3.8) is 0 Å². The van der Waals surface area contributed by atoms with E-state index >= 15 is 0 Å². The van der Waals surface area contributed by atoms with E-state index in [0.717, 1.165) is 18.0 Å². The van der Waals surface area contributed by atoms with Crippen LogP contribution in [0.1, 0.15) is 6.92 Å². The first-order valence-corrected chi connectivity index (χ1v) is 6.88. The van der Waals surface area contributed by atoms with Gasteiger partial charge in [-0.25, -0.2) is 14.8 Å². The van der Waals surface area contributed by atoms with Gasteiger partial charge in [0.2, 0.25) is 0 Å². The summed E-state index contributed by atoms with van der Waals surface area (Å²) in [5.41, 5.74) is 0.760. The number of aromatic nitrogens is 3. The summed E-state index contributed by atoms with van der Waals surface area (Å²) in [7, 11) is 3.41. The number of amides is 2. The normalized spacial score (nSPS) is 10.4. The molecule has 0 atom stereocenters. The second-order valence-electron chi connectivity index (χ2n) is 4.72. The number of rotatable bonds is 6. The summed E-state index contributed by atoms with van der Waals surface area (Å²) in [6.45, 7) is 3.90. The Hall–Kier alpha value is -2.51. The van der Waals surface area contributed by atoms with Gasteiger partial charge in [0.25, 0.3) is 0 Å². The quantitative estimate of drug-likeness (QED) is 0.687. The molecular formula is C13H21N7O. The Labute approximate surface area is 123 Å². The van der Waals surface area contributed by atoms with E-state index in [1.807, 2.05) is 23.7 Å². The highest BCUT2D eigenvalue weighted by Crippen LogP contribution is 2.15. The van der Waals surface area contributed by atoms with Crippen molar-refractivity contribution in [2.24, 2.45) is 0 Å². The molecule has 0 bridgehead atoms. The van der Waals surface area contributed by atoms with Gasteiger partial charge in [0.15, 0.2) is 11.5 Å². The smallest absolute Gasteiger partial charge is 0.316 e. The molecule has 3 N–H and O–H groups in total. The van der Waals surface area contributed by atoms with Crippen molar-refractivity contribution < 1.29 is 4.79 Å². The lowest BCUT2D eigenvalue weighted by Crippen LogP contribution is -2.37. The van der Waals surface area contributed by atoms with Crippen LogP contribution in [0.15, 0.2) is 18.6 Å². The zero-order valence-electron chi connectivity index (χ0n) is 12.6. The third kappa shape index (κ3) is 3.74. The fourth-order valence-corrected chi connectivity index (χ4v) is 1.83. The van der Waals surface area contributed by atoms with Gasteiger partial charge in [0.1, 0.15) is 5.82 Å². The largest absolute Gasteiger partial charge is 0.369 e. The minimum atomic E-state index is -0.114. The van der Waals surface area contributed by atoms with E-state index in [4.69, 9.17) is 0 Å². The number of carbonyl (C=O) groups is 1. The molecule has 0 aromatic carbocycles. The molecule has 0 aliphatic carbocycles. The highest BCUT2D eigenvalue weighted by atomic mass is 16.2. The number of anilines is 2. The van der Waals surface area contributed by atoms with E-state index in [0.29, 0.717) is 18.9 Å². The first kappa shape index (κ1) is 14.9. The lowest BCUT2D eigenvalue weighted by molar-refractivity contribution is 0.218. The SMILES string of the molecule is CCNc1cn2ccnc2c(NCCNC(=O)N(C)C)n1. The Morgan fingerprint density at radius 1 is 1.33 bits per heavy atom. The maximum atomic E-state index is 11.4. The van der Waals surface area contributed by atoms with E-state index in [-0.39, 0.29) is 6.03 Å². The monoisotopic (exact) mass is 291 g/mol. The third-order valence-electron chi connectivity index (χ3n) is 2.83. The molecule has 2 aromatic heterocycles. The zero-order valence-corrected chi connectivity index (χ0v) is 12.6. The molecule has 0 radical (unpaired) electrons. The number of nitrogens with zero attached hydrogens (tertiary/aromatic N) is 4. The van der Waals surface area contributed by atoms with Crippen LogP contribution in [0, 0.1) is 0 Å². The molecule has 0 aliphatic rings. The molecule has 8 nitrogen and oxygen atoms in total. The molecule has 0 fully saturated rings. The minimum Gasteiger partial charge on any atom is -0.369 e. The third-order valence-corrected chi connectivity index (χ3v) is 2.83. The first-order chi connectivity index (χ1) is 10.1. The van der Waals surface area contributed by atoms with Crippen LogP contribution < -0.4 is 16.0 Å². The topological polar surface area (TPSA) is 86.6 Å². The molecule has 2 rings (SSSR count). The van der Waals surface area contributed by atoms with Gasteiger partial charge >= 0.3 is 6.03 Å². The van der Waals surface area contributed by atoms with Crippen molar-refractivity contribution in [1.82, 2.24) is 24.6 Å². The molecule has 0 saturated carbocycles. The number of nitrogens with one attached hydrogen (secondary N) is 3. The standard InChI is InChI=1S/C13H21N7O/c1-4-14-10-9-20-8-7-16-12(20)11(18-10)15-5-6-17-13(21)19(2)3/h7-9,14H,4-6H2,1-3H3,(H,15,18)(H,17,21). The first-order valence-electron chi connectivity index (χ1n) is 6.88. The number of imidazole rings is 1. The highest BCUT2D eigenvalue weighted by Gasteiger charge is 2.07. The maximum absolute atomic E-state index is 11.4. The van der Waals surface area contributed by atoms with Crippen LogP contribution >= 0.6 is 0 Å². The van der Waals surface area contributed by atoms with Crippen LogP contribution in [0.4, 0.5) is 16.4 Å². The Morgan fingerprint density at radius 3 is 2.86 bits per heavy atom. The minimum absolute atomic E-state index is 0.114. The van der Waals surface area contributed by atoms with E-state index in [2.05, 4.69) is 25.9 Å². The van der Waals surface area contributed by atoms with Crippen LogP contribution in [0.25, 0.3) is 5.65 Å². The Balaban J connectivity index is 2.00. The fourth-order valence-electron chi connectivity index (χ4n) is 1.83. The molecule has 2 amide bonds. The molecule has 0 unspecified atom stereocenters. The number of urea groups is 1. The number of hydrogen-bond acceptors (Lipinski definition) is 5. The molecule has 0 aliphatic heterocycles. The Bertz CT molecular complexity index is 608. The van der Waals surface area contributed by atoms with Crippen LogP contribution in [-0.2, 0) is 0 Å². The van der Waals surface area contributed by atoms with Crippen molar-refractivity contribution in [3.8, 4) is 0 Å². The summed E-state index contributed by atoms with van der Waals surface area (Å²) in [5, 5.41) is 9.16. The number of fused-ring (bicyclic) bond motifs is 1. The van der Waals surface area contributed by atoms with E-state index in [1.54, 1.807) is 20.3 Å². The van der Waals surface area contributed by atoms with Gasteiger partial charge in [-0.1, -0.05) is 0 Å². The van der Waals surface area contributed by atoms with Crippen LogP contribution in [0.2, 0.25) is 0 Å². The summed E-state index contributed by atoms with van der Waals surface area (Å²) in [6.07, 6.45) is 5.49. The van der Waals surface area contributed by atoms with Gasteiger partial charge in [-0.3, -0.25) is 0 Å². The summed E-state index contributed by atoms with van der Waals surface area (Å²) in [5.74, 6) is 1.47. The van der Waals surface area contributed by atoms with Crippen LogP contribution in [0.3, 0.4) is 0 Å². The second kappa shape index (κ2) is 6.78. The van der Waals surface area contributed by atoms with Crippen molar-refractivity contribution in [3.05, 3.63) is 18.6 Å². The molecule has 8 heteroatoms. The number of hydrogen-bond donors (Lipinski definition) is 3. The summed E-state index contributed by atoms with van der Waals surface area (Å²) in [6, 6.07) is -0.114. The van der Waals surface area contributed by atoms with E-state index < -0.39 is 0 Å². The van der Waals surface area contributed by atoms with Gasteiger partial charge in [-0.2, -0.15) is 0 Å². The predicted molar refractivity (Wildman–Crippen MR) is 82.7 cm³/mol. The van der Waals surface area contributed by atoms with E-state index in [9.17, 15) is 4.79 Å². The predicted octanol–water partition coefficient (Wildman–Crippen LogP) is 0.844. The molecule has 0 saturated heterocycles. The summed E-state index contributed by atoms with van der Waals surface area (Å²) >= 11 is 0. The lowest BCUT2D eigenvalue weighted by Gasteiger charge is -2.13. The molecule has 2 aromatic rings. The van der Waals surface area contributed by atoms with Gasteiger partial charge in [0, 0.05) is 46.1 Å². The van der Waals surface area contributed by atoms with E-state index in [1.165, 1.54) is 4.90 Å². The zero-order chi connectivity index (χ0) is 15.2. The fraction of sp³-hybridized carbons (Fsp3) is 0.462. The van der Waals surface area contributed by atoms with Gasteiger partial charge in [-0.05, 0) is 6.92 Å². The highest BCUT2D eigenvalue weighted by molar-refractivity contribution is 5.73. The summed E-state index contributed by atoms with van der Waals surface area (Å²) < 4.78 is 1.91.